The molecule has 0 fully saturated rings. The highest BCUT2D eigenvalue weighted by Crippen LogP contribution is 2.44. The number of ether oxygens (including phenoxy) is 2. The third kappa shape index (κ3) is 8.34. The van der Waals surface area contributed by atoms with Gasteiger partial charge in [-0.1, -0.05) is 96.5 Å². The van der Waals surface area contributed by atoms with Crippen molar-refractivity contribution < 1.29 is 23.9 Å². The number of carbonyl (C=O) groups is 3. The minimum Gasteiger partial charge on any atom is -0.449 e. The Labute approximate surface area is 252 Å². The van der Waals surface area contributed by atoms with Gasteiger partial charge in [0.2, 0.25) is 11.8 Å². The maximum absolute atomic E-state index is 13.8. The molecule has 42 heavy (non-hydrogen) atoms. The van der Waals surface area contributed by atoms with E-state index in [1.54, 1.807) is 19.1 Å². The highest BCUT2D eigenvalue weighted by atomic mass is 16.5. The lowest BCUT2D eigenvalue weighted by molar-refractivity contribution is -0.142. The predicted molar refractivity (Wildman–Crippen MR) is 168 cm³/mol. The molecule has 0 saturated heterocycles. The van der Waals surface area contributed by atoms with Crippen LogP contribution in [0.25, 0.3) is 11.1 Å². The van der Waals surface area contributed by atoms with Crippen LogP contribution in [-0.2, 0) is 19.1 Å². The first-order chi connectivity index (χ1) is 20.1. The van der Waals surface area contributed by atoms with Crippen molar-refractivity contribution >= 4 is 17.9 Å². The molecule has 3 rings (SSSR count). The van der Waals surface area contributed by atoms with Crippen LogP contribution in [0, 0.1) is 11.8 Å². The number of amides is 3. The number of rotatable bonds is 13. The van der Waals surface area contributed by atoms with Gasteiger partial charge in [0.05, 0.1) is 18.6 Å². The lowest BCUT2D eigenvalue weighted by Crippen LogP contribution is -2.57. The predicted octanol–water partition coefficient (Wildman–Crippen LogP) is 5.99. The Hall–Kier alpha value is -3.39. The Morgan fingerprint density at radius 2 is 1.48 bits per heavy atom. The molecule has 2 aromatic rings. The summed E-state index contributed by atoms with van der Waals surface area (Å²) in [6.45, 7) is 14.4. The minimum absolute atomic E-state index is 0.0654. The summed E-state index contributed by atoms with van der Waals surface area (Å²) in [5.74, 6) is -0.555. The fourth-order valence-electron chi connectivity index (χ4n) is 5.68. The number of hydrogen-bond donors (Lipinski definition) is 2. The van der Waals surface area contributed by atoms with Gasteiger partial charge in [-0.15, -0.1) is 0 Å². The van der Waals surface area contributed by atoms with E-state index in [4.69, 9.17) is 9.47 Å². The average molecular weight is 582 g/mol. The maximum Gasteiger partial charge on any atom is 0.407 e. The van der Waals surface area contributed by atoms with Crippen LogP contribution in [0.5, 0.6) is 0 Å². The van der Waals surface area contributed by atoms with E-state index in [9.17, 15) is 14.4 Å². The molecule has 0 aromatic heterocycles. The number of benzene rings is 2. The summed E-state index contributed by atoms with van der Waals surface area (Å²) in [4.78, 5) is 40.9. The summed E-state index contributed by atoms with van der Waals surface area (Å²) < 4.78 is 11.5. The molecule has 8 heteroatoms. The van der Waals surface area contributed by atoms with Gasteiger partial charge in [0.25, 0.3) is 0 Å². The van der Waals surface area contributed by atoms with Crippen molar-refractivity contribution in [2.45, 2.75) is 85.4 Å². The van der Waals surface area contributed by atoms with Gasteiger partial charge in [-0.3, -0.25) is 9.59 Å². The summed E-state index contributed by atoms with van der Waals surface area (Å²) in [6, 6.07) is 15.2. The zero-order valence-corrected chi connectivity index (χ0v) is 26.9. The Kier molecular flexibility index (Phi) is 14.0. The van der Waals surface area contributed by atoms with Crippen molar-refractivity contribution in [2.24, 2.45) is 11.8 Å². The molecule has 0 bridgehead atoms. The van der Waals surface area contributed by atoms with E-state index in [0.29, 0.717) is 6.54 Å². The molecular weight excluding hydrogens is 530 g/mol. The standard InChI is InChI=1S/C32H45N3O5.C2H6/c1-8-21(5)30(27(39-7)18-28(36)33-9-2)35(6)31(37)29(20(3)4)34-32(38)40-19-26-24-16-12-10-14-22(24)23-15-11-13-17-25(23)26;1-2/h10-17,20-21,26-27,29-30H,8-9,18-19H2,1-7H3,(H,33,36)(H,34,38);1-2H3/t21?,27?,29-,30?;/m0./s1. The second-order valence-corrected chi connectivity index (χ2v) is 10.9. The molecule has 4 atom stereocenters. The topological polar surface area (TPSA) is 97.0 Å². The van der Waals surface area contributed by atoms with Gasteiger partial charge < -0.3 is 25.0 Å². The van der Waals surface area contributed by atoms with Gasteiger partial charge in [-0.25, -0.2) is 4.79 Å². The van der Waals surface area contributed by atoms with Crippen molar-refractivity contribution in [1.82, 2.24) is 15.5 Å². The summed E-state index contributed by atoms with van der Waals surface area (Å²) in [7, 11) is 3.28. The van der Waals surface area contributed by atoms with E-state index in [1.165, 1.54) is 0 Å². The number of likely N-dealkylation sites (N-methyl/N-ethyl adjacent to an activating group) is 1. The second kappa shape index (κ2) is 16.9. The number of carbonyl (C=O) groups excluding carboxylic acids is 3. The van der Waals surface area contributed by atoms with E-state index >= 15 is 0 Å². The van der Waals surface area contributed by atoms with E-state index < -0.39 is 18.2 Å². The van der Waals surface area contributed by atoms with Crippen LogP contribution >= 0.6 is 0 Å². The quantitative estimate of drug-likeness (QED) is 0.303. The Morgan fingerprint density at radius 1 is 0.929 bits per heavy atom. The van der Waals surface area contributed by atoms with Crippen molar-refractivity contribution in [2.75, 3.05) is 27.3 Å². The normalized spacial score (nSPS) is 14.8. The SMILES string of the molecule is CC.CCNC(=O)CC(OC)C(C(C)CC)N(C)C(=O)[C@@H](NC(=O)OCC1c2ccccc2-c2ccccc21)C(C)C. The van der Waals surface area contributed by atoms with Gasteiger partial charge in [0.1, 0.15) is 12.6 Å². The van der Waals surface area contributed by atoms with Crippen LogP contribution in [0.1, 0.15) is 78.4 Å². The molecule has 3 amide bonds. The van der Waals surface area contributed by atoms with Gasteiger partial charge >= 0.3 is 6.09 Å². The lowest BCUT2D eigenvalue weighted by atomic mass is 9.90. The smallest absolute Gasteiger partial charge is 0.407 e. The first-order valence-corrected chi connectivity index (χ1v) is 15.3. The molecule has 2 aromatic carbocycles. The Balaban J connectivity index is 0.00000301. The molecule has 0 spiro atoms. The third-order valence-corrected chi connectivity index (χ3v) is 8.02. The molecule has 0 heterocycles. The number of fused-ring (bicyclic) bond motifs is 3. The van der Waals surface area contributed by atoms with Crippen molar-refractivity contribution in [3.63, 3.8) is 0 Å². The van der Waals surface area contributed by atoms with Gasteiger partial charge in [0.15, 0.2) is 0 Å². The van der Waals surface area contributed by atoms with Gasteiger partial charge in [0, 0.05) is 26.6 Å². The summed E-state index contributed by atoms with van der Waals surface area (Å²) in [5.41, 5.74) is 4.56. The molecule has 8 nitrogen and oxygen atoms in total. The zero-order chi connectivity index (χ0) is 31.4. The first-order valence-electron chi connectivity index (χ1n) is 15.3. The van der Waals surface area contributed by atoms with E-state index in [2.05, 4.69) is 34.9 Å². The van der Waals surface area contributed by atoms with Crippen LogP contribution in [0.15, 0.2) is 48.5 Å². The summed E-state index contributed by atoms with van der Waals surface area (Å²) in [6.07, 6.45) is -0.182. The first kappa shape index (κ1) is 34.8. The Morgan fingerprint density at radius 3 is 1.95 bits per heavy atom. The maximum atomic E-state index is 13.8. The molecule has 3 unspecified atom stereocenters. The number of methoxy groups -OCH3 is 1. The van der Waals surface area contributed by atoms with Crippen LogP contribution < -0.4 is 10.6 Å². The Bertz CT molecular complexity index is 1120. The number of alkyl carbamates (subject to hydrolysis) is 1. The van der Waals surface area contributed by atoms with E-state index in [1.807, 2.05) is 72.7 Å². The molecule has 232 valence electrons. The van der Waals surface area contributed by atoms with E-state index in [-0.39, 0.29) is 48.6 Å². The zero-order valence-electron chi connectivity index (χ0n) is 26.9. The van der Waals surface area contributed by atoms with Crippen LogP contribution in [0.2, 0.25) is 0 Å². The molecule has 0 aliphatic heterocycles. The van der Waals surface area contributed by atoms with Crippen LogP contribution in [-0.4, -0.2) is 68.3 Å². The highest BCUT2D eigenvalue weighted by molar-refractivity contribution is 5.86. The van der Waals surface area contributed by atoms with Gasteiger partial charge in [-0.05, 0) is 41.0 Å². The van der Waals surface area contributed by atoms with Crippen molar-refractivity contribution in [1.29, 1.82) is 0 Å². The summed E-state index contributed by atoms with van der Waals surface area (Å²) in [5, 5.41) is 5.64. The fraction of sp³-hybridized carbons (Fsp3) is 0.559. The largest absolute Gasteiger partial charge is 0.449 e. The number of nitrogens with zero attached hydrogens (tertiary/aromatic N) is 1. The van der Waals surface area contributed by atoms with Crippen LogP contribution in [0.4, 0.5) is 4.79 Å². The lowest BCUT2D eigenvalue weighted by Gasteiger charge is -2.39. The third-order valence-electron chi connectivity index (χ3n) is 8.02. The molecule has 1 aliphatic rings. The molecule has 1 aliphatic carbocycles. The van der Waals surface area contributed by atoms with E-state index in [0.717, 1.165) is 28.7 Å². The van der Waals surface area contributed by atoms with Gasteiger partial charge in [-0.2, -0.15) is 0 Å². The minimum atomic E-state index is -0.797. The monoisotopic (exact) mass is 581 g/mol. The average Bonchev–Trinajstić information content (AvgIpc) is 3.32. The molecule has 0 radical (unpaired) electrons. The highest BCUT2D eigenvalue weighted by Gasteiger charge is 2.38. The molecular formula is C34H51N3O5. The number of nitrogens with one attached hydrogen (secondary N) is 2. The van der Waals surface area contributed by atoms with Crippen molar-refractivity contribution in [3.05, 3.63) is 59.7 Å². The molecule has 2 N–H and O–H groups in total. The van der Waals surface area contributed by atoms with Crippen LogP contribution in [0.3, 0.4) is 0 Å². The van der Waals surface area contributed by atoms with Crippen molar-refractivity contribution in [3.8, 4) is 11.1 Å². The molecule has 0 saturated carbocycles. The summed E-state index contributed by atoms with van der Waals surface area (Å²) >= 11 is 0. The fourth-order valence-corrected chi connectivity index (χ4v) is 5.68. The number of hydrogen-bond acceptors (Lipinski definition) is 5. The second-order valence-electron chi connectivity index (χ2n) is 10.9.